The van der Waals surface area contributed by atoms with Crippen LogP contribution in [0, 0.1) is 12.8 Å². The molecular formula is C31H33NO5. The van der Waals surface area contributed by atoms with Crippen molar-refractivity contribution in [3.63, 3.8) is 0 Å². The number of rotatable bonds is 9. The Bertz CT molecular complexity index is 1270. The molecule has 1 saturated heterocycles. The summed E-state index contributed by atoms with van der Waals surface area (Å²) in [5.74, 6) is 0.280. The SMILES string of the molecule is CC[C@H](OC(=O)[C@H]1CC(=O)N(c2ccc(Oc3cc(C)ccc3C(C)C)cc2)C1)C(=O)c1ccccc1. The molecule has 6 heteroatoms. The molecular weight excluding hydrogens is 466 g/mol. The number of carbonyl (C=O) groups excluding carboxylic acids is 3. The van der Waals surface area contributed by atoms with Crippen molar-refractivity contribution in [2.24, 2.45) is 5.92 Å². The predicted molar refractivity (Wildman–Crippen MR) is 143 cm³/mol. The zero-order chi connectivity index (χ0) is 26.5. The molecule has 1 fully saturated rings. The van der Waals surface area contributed by atoms with E-state index in [1.54, 1.807) is 36.1 Å². The highest BCUT2D eigenvalue weighted by atomic mass is 16.5. The average Bonchev–Trinajstić information content (AvgIpc) is 3.29. The number of hydrogen-bond acceptors (Lipinski definition) is 5. The number of esters is 1. The van der Waals surface area contributed by atoms with Crippen molar-refractivity contribution in [3.05, 3.63) is 89.5 Å². The summed E-state index contributed by atoms with van der Waals surface area (Å²) in [6, 6.07) is 22.3. The van der Waals surface area contributed by atoms with E-state index in [9.17, 15) is 14.4 Å². The van der Waals surface area contributed by atoms with E-state index in [1.165, 1.54) is 0 Å². The van der Waals surface area contributed by atoms with Crippen molar-refractivity contribution in [2.45, 2.75) is 52.6 Å². The standard InChI is InChI=1S/C31H33NO5/c1-5-27(30(34)22-9-7-6-8-10-22)37-31(35)23-18-29(33)32(19-23)24-12-14-25(15-13-24)36-28-17-21(4)11-16-26(28)20(2)3/h6-17,20,23,27H,5,18-19H2,1-4H3/t23-,27-/m0/s1. The van der Waals surface area contributed by atoms with E-state index in [2.05, 4.69) is 26.0 Å². The summed E-state index contributed by atoms with van der Waals surface area (Å²) in [7, 11) is 0. The van der Waals surface area contributed by atoms with Gasteiger partial charge in [-0.1, -0.05) is 63.2 Å². The first-order chi connectivity index (χ1) is 17.8. The Morgan fingerprint density at radius 2 is 1.70 bits per heavy atom. The molecule has 1 amide bonds. The Hall–Kier alpha value is -3.93. The van der Waals surface area contributed by atoms with Crippen LogP contribution in [0.4, 0.5) is 5.69 Å². The van der Waals surface area contributed by atoms with Gasteiger partial charge in [0.15, 0.2) is 6.10 Å². The Kier molecular flexibility index (Phi) is 8.07. The number of ketones is 1. The van der Waals surface area contributed by atoms with Gasteiger partial charge in [-0.25, -0.2) is 0 Å². The number of carbonyl (C=O) groups is 3. The number of benzene rings is 3. The molecule has 0 radical (unpaired) electrons. The lowest BCUT2D eigenvalue weighted by atomic mass is 10.0. The van der Waals surface area contributed by atoms with Gasteiger partial charge < -0.3 is 14.4 Å². The predicted octanol–water partition coefficient (Wildman–Crippen LogP) is 6.47. The number of ether oxygens (including phenoxy) is 2. The first-order valence-corrected chi connectivity index (χ1v) is 12.8. The second kappa shape index (κ2) is 11.4. The number of hydrogen-bond donors (Lipinski definition) is 0. The van der Waals surface area contributed by atoms with Crippen LogP contribution in [-0.2, 0) is 14.3 Å². The molecule has 0 spiro atoms. The quantitative estimate of drug-likeness (QED) is 0.249. The van der Waals surface area contributed by atoms with Crippen LogP contribution in [0.15, 0.2) is 72.8 Å². The maximum atomic E-state index is 12.9. The van der Waals surface area contributed by atoms with Crippen molar-refractivity contribution in [1.29, 1.82) is 0 Å². The van der Waals surface area contributed by atoms with E-state index in [0.717, 1.165) is 16.9 Å². The Labute approximate surface area is 218 Å². The summed E-state index contributed by atoms with van der Waals surface area (Å²) < 4.78 is 11.7. The van der Waals surface area contributed by atoms with Crippen molar-refractivity contribution in [1.82, 2.24) is 0 Å². The van der Waals surface area contributed by atoms with Crippen LogP contribution in [0.3, 0.4) is 0 Å². The van der Waals surface area contributed by atoms with Gasteiger partial charge in [-0.2, -0.15) is 0 Å². The minimum absolute atomic E-state index is 0.0497. The lowest BCUT2D eigenvalue weighted by Gasteiger charge is -2.19. The van der Waals surface area contributed by atoms with E-state index >= 15 is 0 Å². The zero-order valence-corrected chi connectivity index (χ0v) is 21.8. The highest BCUT2D eigenvalue weighted by molar-refractivity contribution is 6.02. The normalized spacial score (nSPS) is 16.1. The Morgan fingerprint density at radius 1 is 1.00 bits per heavy atom. The number of anilines is 1. The largest absolute Gasteiger partial charge is 0.457 e. The van der Waals surface area contributed by atoms with Gasteiger partial charge in [0, 0.05) is 24.2 Å². The fraction of sp³-hybridized carbons (Fsp3) is 0.323. The number of aryl methyl sites for hydroxylation is 1. The van der Waals surface area contributed by atoms with Gasteiger partial charge in [-0.15, -0.1) is 0 Å². The lowest BCUT2D eigenvalue weighted by molar-refractivity contribution is -0.151. The molecule has 3 aromatic rings. The molecule has 0 N–H and O–H groups in total. The van der Waals surface area contributed by atoms with Gasteiger partial charge in [0.1, 0.15) is 11.5 Å². The third-order valence-electron chi connectivity index (χ3n) is 6.61. The number of nitrogens with zero attached hydrogens (tertiary/aromatic N) is 1. The molecule has 0 aromatic heterocycles. The average molecular weight is 500 g/mol. The summed E-state index contributed by atoms with van der Waals surface area (Å²) in [4.78, 5) is 40.0. The van der Waals surface area contributed by atoms with E-state index in [1.807, 2.05) is 43.3 Å². The molecule has 2 atom stereocenters. The molecule has 1 aliphatic rings. The molecule has 37 heavy (non-hydrogen) atoms. The third kappa shape index (κ3) is 6.08. The molecule has 0 aliphatic carbocycles. The van der Waals surface area contributed by atoms with Crippen LogP contribution < -0.4 is 9.64 Å². The van der Waals surface area contributed by atoms with Gasteiger partial charge in [0.05, 0.1) is 5.92 Å². The van der Waals surface area contributed by atoms with Crippen molar-refractivity contribution >= 4 is 23.3 Å². The van der Waals surface area contributed by atoms with E-state index in [4.69, 9.17) is 9.47 Å². The zero-order valence-electron chi connectivity index (χ0n) is 21.8. The molecule has 0 saturated carbocycles. The fourth-order valence-corrected chi connectivity index (χ4v) is 4.49. The van der Waals surface area contributed by atoms with Crippen LogP contribution in [0.1, 0.15) is 61.0 Å². The van der Waals surface area contributed by atoms with Crippen LogP contribution in [-0.4, -0.2) is 30.3 Å². The van der Waals surface area contributed by atoms with Gasteiger partial charge in [0.2, 0.25) is 11.7 Å². The van der Waals surface area contributed by atoms with E-state index in [-0.39, 0.29) is 24.7 Å². The maximum Gasteiger partial charge on any atom is 0.312 e. The smallest absolute Gasteiger partial charge is 0.312 e. The first-order valence-electron chi connectivity index (χ1n) is 12.8. The van der Waals surface area contributed by atoms with Gasteiger partial charge in [-0.05, 0) is 60.7 Å². The summed E-state index contributed by atoms with van der Waals surface area (Å²) in [6.45, 7) is 8.29. The molecule has 3 aromatic carbocycles. The fourth-order valence-electron chi connectivity index (χ4n) is 4.49. The van der Waals surface area contributed by atoms with Gasteiger partial charge in [0.25, 0.3) is 0 Å². The molecule has 6 nitrogen and oxygen atoms in total. The molecule has 1 aliphatic heterocycles. The van der Waals surface area contributed by atoms with Crippen LogP contribution in [0.2, 0.25) is 0 Å². The number of Topliss-reactive ketones (excluding diaryl/α,β-unsaturated/α-hetero) is 1. The first kappa shape index (κ1) is 26.1. The molecule has 1 heterocycles. The monoisotopic (exact) mass is 499 g/mol. The van der Waals surface area contributed by atoms with E-state index in [0.29, 0.717) is 29.3 Å². The van der Waals surface area contributed by atoms with Crippen molar-refractivity contribution in [3.8, 4) is 11.5 Å². The van der Waals surface area contributed by atoms with Gasteiger partial charge in [-0.3, -0.25) is 14.4 Å². The molecule has 0 unspecified atom stereocenters. The van der Waals surface area contributed by atoms with Crippen molar-refractivity contribution in [2.75, 3.05) is 11.4 Å². The maximum absolute atomic E-state index is 12.9. The molecule has 192 valence electrons. The Morgan fingerprint density at radius 3 is 2.35 bits per heavy atom. The summed E-state index contributed by atoms with van der Waals surface area (Å²) in [5, 5.41) is 0. The van der Waals surface area contributed by atoms with Gasteiger partial charge >= 0.3 is 5.97 Å². The topological polar surface area (TPSA) is 72.9 Å². The van der Waals surface area contributed by atoms with Crippen LogP contribution in [0.25, 0.3) is 0 Å². The lowest BCUT2D eigenvalue weighted by Crippen LogP contribution is -2.31. The summed E-state index contributed by atoms with van der Waals surface area (Å²) in [5.41, 5.74) is 3.43. The molecule has 0 bridgehead atoms. The minimum Gasteiger partial charge on any atom is -0.457 e. The second-order valence-corrected chi connectivity index (χ2v) is 9.76. The third-order valence-corrected chi connectivity index (χ3v) is 6.61. The summed E-state index contributed by atoms with van der Waals surface area (Å²) >= 11 is 0. The van der Waals surface area contributed by atoms with Crippen LogP contribution >= 0.6 is 0 Å². The highest BCUT2D eigenvalue weighted by Crippen LogP contribution is 2.33. The number of amides is 1. The summed E-state index contributed by atoms with van der Waals surface area (Å²) in [6.07, 6.45) is -0.452. The second-order valence-electron chi connectivity index (χ2n) is 9.76. The van der Waals surface area contributed by atoms with E-state index < -0.39 is 18.0 Å². The van der Waals surface area contributed by atoms with Crippen molar-refractivity contribution < 1.29 is 23.9 Å². The Balaban J connectivity index is 1.41. The minimum atomic E-state index is -0.868. The highest BCUT2D eigenvalue weighted by Gasteiger charge is 2.37. The molecule has 4 rings (SSSR count). The van der Waals surface area contributed by atoms with Crippen LogP contribution in [0.5, 0.6) is 11.5 Å².